The van der Waals surface area contributed by atoms with E-state index in [2.05, 4.69) is 10.3 Å². The fraction of sp³-hybridized carbons (Fsp3) is 0.238. The van der Waals surface area contributed by atoms with Gasteiger partial charge >= 0.3 is 0 Å². The number of aromatic nitrogens is 2. The second-order valence-electron chi connectivity index (χ2n) is 6.50. The van der Waals surface area contributed by atoms with Crippen molar-refractivity contribution in [1.82, 2.24) is 13.9 Å². The Balaban J connectivity index is 1.66. The van der Waals surface area contributed by atoms with Crippen molar-refractivity contribution in [2.24, 2.45) is 0 Å². The Bertz CT molecular complexity index is 1040. The van der Waals surface area contributed by atoms with Gasteiger partial charge in [0.15, 0.2) is 0 Å². The smallest absolute Gasteiger partial charge is 0.255 e. The SMILES string of the molecule is CCN(CC)S(=O)(=O)c1ccc(NC(=O)c2ccc(Cn3ccnc3)cc2)cc1. The second kappa shape index (κ2) is 9.02. The first-order valence-electron chi connectivity index (χ1n) is 9.40. The van der Waals surface area contributed by atoms with Crippen LogP contribution in [0.25, 0.3) is 0 Å². The molecular formula is C21H24N4O3S. The van der Waals surface area contributed by atoms with Crippen LogP contribution in [0.1, 0.15) is 29.8 Å². The Kier molecular flexibility index (Phi) is 6.46. The monoisotopic (exact) mass is 412 g/mol. The molecule has 3 rings (SSSR count). The number of nitrogens with zero attached hydrogens (tertiary/aromatic N) is 3. The fourth-order valence-electron chi connectivity index (χ4n) is 2.98. The highest BCUT2D eigenvalue weighted by Gasteiger charge is 2.21. The molecule has 0 fully saturated rings. The molecule has 0 aliphatic carbocycles. The predicted octanol–water partition coefficient (Wildman–Crippen LogP) is 3.21. The molecule has 2 aromatic carbocycles. The van der Waals surface area contributed by atoms with E-state index < -0.39 is 10.0 Å². The summed E-state index contributed by atoms with van der Waals surface area (Å²) >= 11 is 0. The molecule has 0 aliphatic heterocycles. The van der Waals surface area contributed by atoms with E-state index in [-0.39, 0.29) is 10.8 Å². The van der Waals surface area contributed by atoms with Crippen LogP contribution >= 0.6 is 0 Å². The van der Waals surface area contributed by atoms with Gasteiger partial charge in [0.2, 0.25) is 10.0 Å². The van der Waals surface area contributed by atoms with Crippen molar-refractivity contribution in [2.45, 2.75) is 25.3 Å². The highest BCUT2D eigenvalue weighted by atomic mass is 32.2. The molecular weight excluding hydrogens is 388 g/mol. The van der Waals surface area contributed by atoms with Crippen LogP contribution in [0.5, 0.6) is 0 Å². The number of amides is 1. The van der Waals surface area contributed by atoms with Gasteiger partial charge in [0.1, 0.15) is 0 Å². The predicted molar refractivity (Wildman–Crippen MR) is 112 cm³/mol. The molecule has 0 atom stereocenters. The maximum Gasteiger partial charge on any atom is 0.255 e. The first-order valence-corrected chi connectivity index (χ1v) is 10.8. The Hall–Kier alpha value is -2.97. The Morgan fingerprint density at radius 3 is 2.24 bits per heavy atom. The van der Waals surface area contributed by atoms with Crippen molar-refractivity contribution in [3.63, 3.8) is 0 Å². The summed E-state index contributed by atoms with van der Waals surface area (Å²) in [5.74, 6) is -0.251. The van der Waals surface area contributed by atoms with E-state index in [1.54, 1.807) is 50.6 Å². The van der Waals surface area contributed by atoms with Gasteiger partial charge in [-0.05, 0) is 42.0 Å². The number of nitrogens with one attached hydrogen (secondary N) is 1. The number of benzene rings is 2. The summed E-state index contributed by atoms with van der Waals surface area (Å²) < 4.78 is 28.4. The molecule has 0 spiro atoms. The quantitative estimate of drug-likeness (QED) is 0.616. The third-order valence-corrected chi connectivity index (χ3v) is 6.66. The van der Waals surface area contributed by atoms with Crippen molar-refractivity contribution in [2.75, 3.05) is 18.4 Å². The summed E-state index contributed by atoms with van der Waals surface area (Å²) in [6.45, 7) is 5.11. The molecule has 0 aliphatic rings. The molecule has 0 saturated carbocycles. The van der Waals surface area contributed by atoms with Gasteiger partial charge in [-0.1, -0.05) is 26.0 Å². The first-order chi connectivity index (χ1) is 13.9. The zero-order chi connectivity index (χ0) is 20.9. The van der Waals surface area contributed by atoms with Crippen molar-refractivity contribution in [3.05, 3.63) is 78.4 Å². The number of imidazole rings is 1. The summed E-state index contributed by atoms with van der Waals surface area (Å²) in [7, 11) is -3.51. The maximum atomic E-state index is 12.5. The van der Waals surface area contributed by atoms with Gasteiger partial charge in [0, 0.05) is 43.3 Å². The van der Waals surface area contributed by atoms with Gasteiger partial charge < -0.3 is 9.88 Å². The minimum Gasteiger partial charge on any atom is -0.333 e. The molecule has 0 saturated heterocycles. The van der Waals surface area contributed by atoms with E-state index in [4.69, 9.17) is 0 Å². The van der Waals surface area contributed by atoms with E-state index in [9.17, 15) is 13.2 Å². The van der Waals surface area contributed by atoms with Gasteiger partial charge in [-0.15, -0.1) is 0 Å². The molecule has 8 heteroatoms. The highest BCUT2D eigenvalue weighted by Crippen LogP contribution is 2.19. The second-order valence-corrected chi connectivity index (χ2v) is 8.44. The topological polar surface area (TPSA) is 84.3 Å². The van der Waals surface area contributed by atoms with E-state index in [0.29, 0.717) is 30.9 Å². The molecule has 0 radical (unpaired) electrons. The number of hydrogen-bond acceptors (Lipinski definition) is 4. The zero-order valence-corrected chi connectivity index (χ0v) is 17.3. The summed E-state index contributed by atoms with van der Waals surface area (Å²) in [4.78, 5) is 16.7. The number of anilines is 1. The summed E-state index contributed by atoms with van der Waals surface area (Å²) in [6.07, 6.45) is 5.34. The first kappa shape index (κ1) is 20.8. The maximum absolute atomic E-state index is 12.5. The Morgan fingerprint density at radius 2 is 1.69 bits per heavy atom. The van der Waals surface area contributed by atoms with Gasteiger partial charge in [0.25, 0.3) is 5.91 Å². The van der Waals surface area contributed by atoms with Crippen molar-refractivity contribution < 1.29 is 13.2 Å². The number of sulfonamides is 1. The van der Waals surface area contributed by atoms with Crippen LogP contribution in [0.3, 0.4) is 0 Å². The lowest BCUT2D eigenvalue weighted by molar-refractivity contribution is 0.102. The van der Waals surface area contributed by atoms with Crippen molar-refractivity contribution >= 4 is 21.6 Å². The molecule has 1 aromatic heterocycles. The summed E-state index contributed by atoms with van der Waals surface area (Å²) in [5.41, 5.74) is 2.13. The van der Waals surface area contributed by atoms with Crippen LogP contribution in [-0.4, -0.2) is 41.3 Å². The lowest BCUT2D eigenvalue weighted by Crippen LogP contribution is -2.30. The molecule has 1 N–H and O–H groups in total. The van der Waals surface area contributed by atoms with Gasteiger partial charge in [-0.3, -0.25) is 4.79 Å². The van der Waals surface area contributed by atoms with Crippen LogP contribution in [-0.2, 0) is 16.6 Å². The van der Waals surface area contributed by atoms with Crippen LogP contribution in [0.4, 0.5) is 5.69 Å². The lowest BCUT2D eigenvalue weighted by atomic mass is 10.1. The van der Waals surface area contributed by atoms with Crippen LogP contribution in [0, 0.1) is 0 Å². The molecule has 152 valence electrons. The van der Waals surface area contributed by atoms with Gasteiger partial charge in [-0.25, -0.2) is 13.4 Å². The summed E-state index contributed by atoms with van der Waals surface area (Å²) in [5, 5.41) is 2.80. The van der Waals surface area contributed by atoms with E-state index in [1.807, 2.05) is 22.9 Å². The molecule has 1 heterocycles. The van der Waals surface area contributed by atoms with Crippen LogP contribution < -0.4 is 5.32 Å². The number of carbonyl (C=O) groups is 1. The standard InChI is InChI=1S/C21H24N4O3S/c1-3-25(4-2)29(27,28)20-11-9-19(10-12-20)23-21(26)18-7-5-17(6-8-18)15-24-14-13-22-16-24/h5-14,16H,3-4,15H2,1-2H3,(H,23,26). The Morgan fingerprint density at radius 1 is 1.03 bits per heavy atom. The van der Waals surface area contributed by atoms with E-state index >= 15 is 0 Å². The number of carbonyl (C=O) groups excluding carboxylic acids is 1. The van der Waals surface area contributed by atoms with Crippen molar-refractivity contribution in [3.8, 4) is 0 Å². The third kappa shape index (κ3) is 4.90. The molecule has 29 heavy (non-hydrogen) atoms. The molecule has 0 bridgehead atoms. The minimum atomic E-state index is -3.51. The molecule has 0 unspecified atom stereocenters. The number of rotatable bonds is 8. The zero-order valence-electron chi connectivity index (χ0n) is 16.4. The third-order valence-electron chi connectivity index (χ3n) is 4.60. The lowest BCUT2D eigenvalue weighted by Gasteiger charge is -2.18. The average molecular weight is 413 g/mol. The van der Waals surface area contributed by atoms with E-state index in [1.165, 1.54) is 16.4 Å². The molecule has 1 amide bonds. The molecule has 7 nitrogen and oxygen atoms in total. The molecule has 3 aromatic rings. The minimum absolute atomic E-state index is 0.211. The van der Waals surface area contributed by atoms with Crippen LogP contribution in [0.15, 0.2) is 72.1 Å². The highest BCUT2D eigenvalue weighted by molar-refractivity contribution is 7.89. The Labute approximate surface area is 171 Å². The summed E-state index contributed by atoms with van der Waals surface area (Å²) in [6, 6.07) is 13.5. The average Bonchev–Trinajstić information content (AvgIpc) is 3.22. The van der Waals surface area contributed by atoms with E-state index in [0.717, 1.165) is 5.56 Å². The van der Waals surface area contributed by atoms with Crippen LogP contribution in [0.2, 0.25) is 0 Å². The van der Waals surface area contributed by atoms with Gasteiger partial charge in [-0.2, -0.15) is 4.31 Å². The largest absolute Gasteiger partial charge is 0.333 e. The number of hydrogen-bond donors (Lipinski definition) is 1. The normalized spacial score (nSPS) is 11.6. The van der Waals surface area contributed by atoms with Crippen molar-refractivity contribution in [1.29, 1.82) is 0 Å². The van der Waals surface area contributed by atoms with Gasteiger partial charge in [0.05, 0.1) is 11.2 Å². The fourth-order valence-corrected chi connectivity index (χ4v) is 4.44.